The fourth-order valence-electron chi connectivity index (χ4n) is 4.11. The Labute approximate surface area is 215 Å². The van der Waals surface area contributed by atoms with Crippen molar-refractivity contribution in [2.24, 2.45) is 4.99 Å². The second-order valence-corrected chi connectivity index (χ2v) is 9.16. The molecular weight excluding hydrogens is 492 g/mol. The zero-order valence-corrected chi connectivity index (χ0v) is 20.9. The molecule has 1 aliphatic rings. The molecule has 3 heterocycles. The third kappa shape index (κ3) is 4.81. The van der Waals surface area contributed by atoms with E-state index in [4.69, 9.17) is 13.9 Å². The number of rotatable bonds is 6. The van der Waals surface area contributed by atoms with E-state index in [1.54, 1.807) is 50.3 Å². The Balaban J connectivity index is 1.57. The number of aromatic nitrogens is 1. The molecule has 0 aliphatic carbocycles. The van der Waals surface area contributed by atoms with Gasteiger partial charge in [0.25, 0.3) is 5.56 Å². The molecule has 8 nitrogen and oxygen atoms in total. The molecule has 5 rings (SSSR count). The zero-order valence-electron chi connectivity index (χ0n) is 20.0. The molecular formula is C28H22N2O6S. The van der Waals surface area contributed by atoms with Crippen LogP contribution in [0.2, 0.25) is 0 Å². The largest absolute Gasteiger partial charge is 0.463 e. The highest BCUT2D eigenvalue weighted by Crippen LogP contribution is 2.30. The van der Waals surface area contributed by atoms with Gasteiger partial charge in [-0.15, -0.1) is 0 Å². The first kappa shape index (κ1) is 24.2. The average Bonchev–Trinajstić information content (AvgIpc) is 3.53. The van der Waals surface area contributed by atoms with Gasteiger partial charge in [-0.05, 0) is 55.3 Å². The topological polar surface area (TPSA) is 100 Å². The maximum absolute atomic E-state index is 13.7. The lowest BCUT2D eigenvalue weighted by atomic mass is 9.96. The van der Waals surface area contributed by atoms with E-state index in [1.165, 1.54) is 28.2 Å². The number of ether oxygens (including phenoxy) is 2. The van der Waals surface area contributed by atoms with Crippen LogP contribution in [0.3, 0.4) is 0 Å². The molecule has 0 bridgehead atoms. The lowest BCUT2D eigenvalue weighted by Gasteiger charge is -2.24. The summed E-state index contributed by atoms with van der Waals surface area (Å²) in [6, 6.07) is 18.6. The predicted molar refractivity (Wildman–Crippen MR) is 137 cm³/mol. The highest BCUT2D eigenvalue weighted by Gasteiger charge is 2.33. The third-order valence-electron chi connectivity index (χ3n) is 5.72. The summed E-state index contributed by atoms with van der Waals surface area (Å²) in [7, 11) is 0. The van der Waals surface area contributed by atoms with E-state index in [-0.39, 0.29) is 17.9 Å². The number of carbonyl (C=O) groups is 2. The van der Waals surface area contributed by atoms with Crippen molar-refractivity contribution in [2.75, 3.05) is 6.61 Å². The highest BCUT2D eigenvalue weighted by molar-refractivity contribution is 7.07. The van der Waals surface area contributed by atoms with E-state index >= 15 is 0 Å². The van der Waals surface area contributed by atoms with Crippen LogP contribution in [0.25, 0.3) is 6.08 Å². The van der Waals surface area contributed by atoms with Crippen LogP contribution < -0.4 is 19.6 Å². The van der Waals surface area contributed by atoms with Crippen LogP contribution in [-0.2, 0) is 9.53 Å². The molecule has 2 aromatic heterocycles. The Bertz CT molecular complexity index is 1680. The predicted octanol–water partition coefficient (Wildman–Crippen LogP) is 3.61. The molecule has 0 saturated heterocycles. The first-order valence-corrected chi connectivity index (χ1v) is 12.4. The van der Waals surface area contributed by atoms with Crippen molar-refractivity contribution in [3.8, 4) is 5.75 Å². The van der Waals surface area contributed by atoms with Gasteiger partial charge in [0.05, 0.1) is 34.7 Å². The molecule has 0 unspecified atom stereocenters. The van der Waals surface area contributed by atoms with E-state index in [9.17, 15) is 14.4 Å². The maximum Gasteiger partial charge on any atom is 0.379 e. The van der Waals surface area contributed by atoms with E-state index in [1.807, 2.05) is 30.3 Å². The first-order valence-electron chi connectivity index (χ1n) is 11.6. The number of hydrogen-bond acceptors (Lipinski definition) is 8. The summed E-state index contributed by atoms with van der Waals surface area (Å²) in [5, 5.41) is 0. The van der Waals surface area contributed by atoms with Gasteiger partial charge in [0.1, 0.15) is 5.75 Å². The first-order chi connectivity index (χ1) is 18.0. The van der Waals surface area contributed by atoms with Crippen molar-refractivity contribution >= 4 is 29.4 Å². The monoisotopic (exact) mass is 514 g/mol. The molecule has 1 atom stereocenters. The molecule has 186 valence electrons. The van der Waals surface area contributed by atoms with E-state index in [0.717, 1.165) is 5.56 Å². The summed E-state index contributed by atoms with van der Waals surface area (Å²) in [4.78, 5) is 43.9. The minimum Gasteiger partial charge on any atom is -0.463 e. The van der Waals surface area contributed by atoms with Gasteiger partial charge in [-0.2, -0.15) is 0 Å². The molecule has 2 aromatic carbocycles. The average molecular weight is 515 g/mol. The normalized spacial score (nSPS) is 15.2. The lowest BCUT2D eigenvalue weighted by molar-refractivity contribution is -0.139. The van der Waals surface area contributed by atoms with Gasteiger partial charge in [0.2, 0.25) is 5.76 Å². The molecule has 0 fully saturated rings. The molecule has 0 spiro atoms. The molecule has 0 N–H and O–H groups in total. The fraction of sp³-hybridized carbons (Fsp3) is 0.143. The van der Waals surface area contributed by atoms with Crippen molar-refractivity contribution in [1.82, 2.24) is 4.57 Å². The van der Waals surface area contributed by atoms with Gasteiger partial charge in [-0.25, -0.2) is 14.6 Å². The number of thiazole rings is 1. The molecule has 0 amide bonds. The van der Waals surface area contributed by atoms with Crippen LogP contribution in [0.4, 0.5) is 0 Å². The van der Waals surface area contributed by atoms with E-state index < -0.39 is 18.0 Å². The number of fused-ring (bicyclic) bond motifs is 1. The number of carbonyl (C=O) groups excluding carboxylic acids is 2. The molecule has 37 heavy (non-hydrogen) atoms. The summed E-state index contributed by atoms with van der Waals surface area (Å²) in [5.74, 6) is -0.720. The number of allylic oxidation sites excluding steroid dienone is 1. The standard InChI is InChI=1S/C28H22N2O6S/c1-3-34-27(33)23-17(2)29-28-30(24(23)19-10-5-4-6-11-19)25(31)22(37-28)16-18-9-7-12-20(15-18)36-26(32)21-13-8-14-35-21/h4-16,24H,3H2,1-2H3/b22-16+/t24-/m1/s1. The van der Waals surface area contributed by atoms with Gasteiger partial charge in [0.15, 0.2) is 4.80 Å². The summed E-state index contributed by atoms with van der Waals surface area (Å²) in [5.41, 5.74) is 1.99. The van der Waals surface area contributed by atoms with Crippen LogP contribution in [-0.4, -0.2) is 23.1 Å². The van der Waals surface area contributed by atoms with Crippen molar-refractivity contribution in [3.63, 3.8) is 0 Å². The number of hydrogen-bond donors (Lipinski definition) is 0. The van der Waals surface area contributed by atoms with Gasteiger partial charge in [0, 0.05) is 0 Å². The smallest absolute Gasteiger partial charge is 0.379 e. The summed E-state index contributed by atoms with van der Waals surface area (Å²) < 4.78 is 17.7. The van der Waals surface area contributed by atoms with Crippen molar-refractivity contribution in [3.05, 3.63) is 121 Å². The minimum atomic E-state index is -0.667. The van der Waals surface area contributed by atoms with Crippen LogP contribution in [0.5, 0.6) is 5.75 Å². The number of nitrogens with zero attached hydrogens (tertiary/aromatic N) is 2. The Morgan fingerprint density at radius 2 is 1.89 bits per heavy atom. The van der Waals surface area contributed by atoms with Crippen molar-refractivity contribution < 1.29 is 23.5 Å². The van der Waals surface area contributed by atoms with Gasteiger partial charge < -0.3 is 13.9 Å². The van der Waals surface area contributed by atoms with Crippen molar-refractivity contribution in [2.45, 2.75) is 19.9 Å². The maximum atomic E-state index is 13.7. The summed E-state index contributed by atoms with van der Waals surface area (Å²) in [6.07, 6.45) is 3.10. The van der Waals surface area contributed by atoms with Crippen LogP contribution in [0.1, 0.15) is 41.6 Å². The quantitative estimate of drug-likeness (QED) is 0.288. The second kappa shape index (κ2) is 10.2. The zero-order chi connectivity index (χ0) is 25.9. The summed E-state index contributed by atoms with van der Waals surface area (Å²) in [6.45, 7) is 3.69. The van der Waals surface area contributed by atoms with Gasteiger partial charge in [-0.1, -0.05) is 53.8 Å². The molecule has 0 radical (unpaired) electrons. The molecule has 1 aliphatic heterocycles. The molecule has 9 heteroatoms. The third-order valence-corrected chi connectivity index (χ3v) is 6.70. The Hall–Kier alpha value is -4.50. The second-order valence-electron chi connectivity index (χ2n) is 8.15. The number of esters is 2. The minimum absolute atomic E-state index is 0.0902. The van der Waals surface area contributed by atoms with Crippen LogP contribution in [0.15, 0.2) is 98.5 Å². The SMILES string of the molecule is CCOC(=O)C1=C(C)N=c2s/c(=C/c3cccc(OC(=O)c4ccco4)c3)c(=O)n2[C@@H]1c1ccccc1. The fourth-order valence-corrected chi connectivity index (χ4v) is 5.16. The highest BCUT2D eigenvalue weighted by atomic mass is 32.1. The van der Waals surface area contributed by atoms with Crippen LogP contribution >= 0.6 is 11.3 Å². The Kier molecular flexibility index (Phi) is 6.70. The van der Waals surface area contributed by atoms with Gasteiger partial charge in [-0.3, -0.25) is 9.36 Å². The molecule has 4 aromatic rings. The van der Waals surface area contributed by atoms with E-state index in [0.29, 0.717) is 31.9 Å². The van der Waals surface area contributed by atoms with Crippen molar-refractivity contribution in [1.29, 1.82) is 0 Å². The number of furan rings is 1. The lowest BCUT2D eigenvalue weighted by Crippen LogP contribution is -2.39. The number of benzene rings is 2. The molecule has 0 saturated carbocycles. The summed E-state index contributed by atoms with van der Waals surface area (Å²) >= 11 is 1.22. The Morgan fingerprint density at radius 1 is 1.08 bits per heavy atom. The van der Waals surface area contributed by atoms with Gasteiger partial charge >= 0.3 is 11.9 Å². The Morgan fingerprint density at radius 3 is 2.62 bits per heavy atom. The van der Waals surface area contributed by atoms with Crippen LogP contribution in [0, 0.1) is 0 Å². The van der Waals surface area contributed by atoms with E-state index in [2.05, 4.69) is 4.99 Å².